The van der Waals surface area contributed by atoms with Crippen LogP contribution in [-0.4, -0.2) is 23.9 Å². The molecular weight excluding hydrogens is 227 g/mol. The van der Waals surface area contributed by atoms with E-state index in [-0.39, 0.29) is 17.7 Å². The summed E-state index contributed by atoms with van der Waals surface area (Å²) in [6, 6.07) is 4.08. The molecule has 1 atom stereocenters. The number of carbonyl (C=O) groups excluding carboxylic acids is 1. The van der Waals surface area contributed by atoms with Gasteiger partial charge in [0.05, 0.1) is 5.56 Å². The second-order valence-corrected chi connectivity index (χ2v) is 4.77. The molecule has 16 heavy (non-hydrogen) atoms. The van der Waals surface area contributed by atoms with Gasteiger partial charge < -0.3 is 4.74 Å². The minimum atomic E-state index is -0.364. The average molecular weight is 240 g/mol. The smallest absolute Gasteiger partial charge is 0.170 e. The molecular formula is C12H13FO2S. The highest BCUT2D eigenvalue weighted by Crippen LogP contribution is 2.29. The maximum Gasteiger partial charge on any atom is 0.170 e. The molecule has 86 valence electrons. The van der Waals surface area contributed by atoms with E-state index in [1.54, 1.807) is 11.8 Å². The number of carbonyl (C=O) groups is 1. The predicted molar refractivity (Wildman–Crippen MR) is 62.8 cm³/mol. The third-order valence-corrected chi connectivity index (χ3v) is 3.24. The molecule has 1 aromatic carbocycles. The van der Waals surface area contributed by atoms with Crippen LogP contribution in [0, 0.1) is 5.82 Å². The summed E-state index contributed by atoms with van der Waals surface area (Å²) in [5.74, 6) is 1.02. The van der Waals surface area contributed by atoms with Gasteiger partial charge in [-0.05, 0) is 30.6 Å². The first-order valence-electron chi connectivity index (χ1n) is 5.19. The van der Waals surface area contributed by atoms with Crippen LogP contribution in [-0.2, 0) is 0 Å². The molecule has 0 aliphatic carbocycles. The number of rotatable bonds is 3. The zero-order valence-corrected chi connectivity index (χ0v) is 9.85. The van der Waals surface area contributed by atoms with Crippen LogP contribution in [0.15, 0.2) is 18.2 Å². The van der Waals surface area contributed by atoms with Crippen LogP contribution in [0.2, 0.25) is 0 Å². The molecule has 1 aliphatic heterocycles. The molecule has 0 radical (unpaired) electrons. The Morgan fingerprint density at radius 2 is 2.38 bits per heavy atom. The molecule has 1 aromatic rings. The van der Waals surface area contributed by atoms with Crippen molar-refractivity contribution in [1.82, 2.24) is 0 Å². The van der Waals surface area contributed by atoms with Crippen molar-refractivity contribution < 1.29 is 13.9 Å². The van der Waals surface area contributed by atoms with Gasteiger partial charge in [-0.2, -0.15) is 11.8 Å². The van der Waals surface area contributed by atoms with Crippen LogP contribution in [0.4, 0.5) is 4.39 Å². The minimum absolute atomic E-state index is 0.0485. The van der Waals surface area contributed by atoms with Crippen LogP contribution in [0.5, 0.6) is 5.75 Å². The fourth-order valence-electron chi connectivity index (χ4n) is 1.77. The summed E-state index contributed by atoms with van der Waals surface area (Å²) in [6.07, 6.45) is 3.13. The normalized spacial score (nSPS) is 19.1. The Bertz CT molecular complexity index is 406. The Balaban J connectivity index is 2.17. The zero-order valence-electron chi connectivity index (χ0n) is 9.03. The monoisotopic (exact) mass is 240 g/mol. The number of ketones is 1. The molecule has 2 rings (SSSR count). The molecule has 1 heterocycles. The van der Waals surface area contributed by atoms with Gasteiger partial charge in [0.15, 0.2) is 5.78 Å². The molecule has 1 unspecified atom stereocenters. The highest BCUT2D eigenvalue weighted by molar-refractivity contribution is 7.98. The molecule has 0 spiro atoms. The van der Waals surface area contributed by atoms with Gasteiger partial charge in [0, 0.05) is 12.5 Å². The Hall–Kier alpha value is -1.03. The third-order valence-electron chi connectivity index (χ3n) is 2.59. The lowest BCUT2D eigenvalue weighted by atomic mass is 9.99. The number of benzene rings is 1. The van der Waals surface area contributed by atoms with Gasteiger partial charge in [-0.15, -0.1) is 0 Å². The number of halogens is 1. The van der Waals surface area contributed by atoms with E-state index in [4.69, 9.17) is 4.74 Å². The van der Waals surface area contributed by atoms with E-state index in [2.05, 4.69) is 0 Å². The number of fused-ring (bicyclic) bond motifs is 1. The second kappa shape index (κ2) is 4.87. The van der Waals surface area contributed by atoms with E-state index in [1.165, 1.54) is 18.2 Å². The first kappa shape index (κ1) is 11.5. The standard InChI is InChI=1S/C12H13FO2S/c1-16-5-4-9-7-11(14)10-3-2-8(13)6-12(10)15-9/h2-3,6,9H,4-5,7H2,1H3. The largest absolute Gasteiger partial charge is 0.489 e. The van der Waals surface area contributed by atoms with E-state index in [0.717, 1.165) is 12.2 Å². The van der Waals surface area contributed by atoms with Gasteiger partial charge in [-0.3, -0.25) is 4.79 Å². The quantitative estimate of drug-likeness (QED) is 0.812. The summed E-state index contributed by atoms with van der Waals surface area (Å²) in [5.41, 5.74) is 0.502. The summed E-state index contributed by atoms with van der Waals surface area (Å²) in [7, 11) is 0. The van der Waals surface area contributed by atoms with Gasteiger partial charge in [-0.1, -0.05) is 0 Å². The third kappa shape index (κ3) is 2.38. The van der Waals surface area contributed by atoms with Gasteiger partial charge in [0.1, 0.15) is 17.7 Å². The molecule has 4 heteroatoms. The number of Topliss-reactive ketones (excluding diaryl/α,β-unsaturated/α-hetero) is 1. The van der Waals surface area contributed by atoms with Crippen molar-refractivity contribution in [2.24, 2.45) is 0 Å². The predicted octanol–water partition coefficient (Wildman–Crippen LogP) is 2.91. The highest BCUT2D eigenvalue weighted by atomic mass is 32.2. The molecule has 0 amide bonds. The van der Waals surface area contributed by atoms with Crippen molar-refractivity contribution in [2.75, 3.05) is 12.0 Å². The molecule has 0 saturated heterocycles. The van der Waals surface area contributed by atoms with Crippen LogP contribution >= 0.6 is 11.8 Å². The second-order valence-electron chi connectivity index (χ2n) is 3.79. The number of hydrogen-bond acceptors (Lipinski definition) is 3. The average Bonchev–Trinajstić information content (AvgIpc) is 2.25. The molecule has 0 aromatic heterocycles. The Morgan fingerprint density at radius 1 is 1.56 bits per heavy atom. The molecule has 1 aliphatic rings. The lowest BCUT2D eigenvalue weighted by molar-refractivity contribution is 0.0846. The fourth-order valence-corrected chi connectivity index (χ4v) is 2.27. The summed E-state index contributed by atoms with van der Waals surface area (Å²) in [5, 5.41) is 0. The topological polar surface area (TPSA) is 26.3 Å². The maximum absolute atomic E-state index is 13.0. The van der Waals surface area contributed by atoms with Crippen LogP contribution in [0.25, 0.3) is 0 Å². The summed E-state index contributed by atoms with van der Waals surface area (Å²) >= 11 is 1.72. The Morgan fingerprint density at radius 3 is 3.12 bits per heavy atom. The molecule has 0 fully saturated rings. The zero-order chi connectivity index (χ0) is 11.5. The van der Waals surface area contributed by atoms with Gasteiger partial charge in [0.2, 0.25) is 0 Å². The maximum atomic E-state index is 13.0. The van der Waals surface area contributed by atoms with Crippen LogP contribution in [0.1, 0.15) is 23.2 Å². The van der Waals surface area contributed by atoms with Crippen LogP contribution < -0.4 is 4.74 Å². The van der Waals surface area contributed by atoms with Crippen LogP contribution in [0.3, 0.4) is 0 Å². The molecule has 0 bridgehead atoms. The lowest BCUT2D eigenvalue weighted by Crippen LogP contribution is -2.27. The van der Waals surface area contributed by atoms with Crippen molar-refractivity contribution in [3.8, 4) is 5.75 Å². The molecule has 2 nitrogen and oxygen atoms in total. The van der Waals surface area contributed by atoms with Gasteiger partial charge in [0.25, 0.3) is 0 Å². The number of ether oxygens (including phenoxy) is 1. The van der Waals surface area contributed by atoms with Crippen molar-refractivity contribution in [3.05, 3.63) is 29.6 Å². The van der Waals surface area contributed by atoms with E-state index >= 15 is 0 Å². The summed E-state index contributed by atoms with van der Waals surface area (Å²) in [6.45, 7) is 0. The van der Waals surface area contributed by atoms with E-state index in [0.29, 0.717) is 17.7 Å². The van der Waals surface area contributed by atoms with E-state index < -0.39 is 0 Å². The molecule has 0 N–H and O–H groups in total. The van der Waals surface area contributed by atoms with Crippen molar-refractivity contribution >= 4 is 17.5 Å². The Kier molecular flexibility index (Phi) is 3.49. The van der Waals surface area contributed by atoms with E-state index in [9.17, 15) is 9.18 Å². The van der Waals surface area contributed by atoms with Gasteiger partial charge in [-0.25, -0.2) is 4.39 Å². The van der Waals surface area contributed by atoms with Crippen molar-refractivity contribution in [1.29, 1.82) is 0 Å². The SMILES string of the molecule is CSCCC1CC(=O)c2ccc(F)cc2O1. The number of hydrogen-bond donors (Lipinski definition) is 0. The van der Waals surface area contributed by atoms with Crippen molar-refractivity contribution in [3.63, 3.8) is 0 Å². The lowest BCUT2D eigenvalue weighted by Gasteiger charge is -2.24. The minimum Gasteiger partial charge on any atom is -0.489 e. The Labute approximate surface area is 98.2 Å². The first-order chi connectivity index (χ1) is 7.70. The molecule has 0 saturated carbocycles. The van der Waals surface area contributed by atoms with Crippen molar-refractivity contribution in [2.45, 2.75) is 18.9 Å². The summed E-state index contributed by atoms with van der Waals surface area (Å²) < 4.78 is 18.6. The van der Waals surface area contributed by atoms with Gasteiger partial charge >= 0.3 is 0 Å². The fraction of sp³-hybridized carbons (Fsp3) is 0.417. The highest BCUT2D eigenvalue weighted by Gasteiger charge is 2.26. The first-order valence-corrected chi connectivity index (χ1v) is 6.58. The van der Waals surface area contributed by atoms with E-state index in [1.807, 2.05) is 6.26 Å². The number of thioether (sulfide) groups is 1. The summed E-state index contributed by atoms with van der Waals surface area (Å²) in [4.78, 5) is 11.8.